The fourth-order valence-corrected chi connectivity index (χ4v) is 2.96. The number of esters is 1. The summed E-state index contributed by atoms with van der Waals surface area (Å²) in [6, 6.07) is 1.90. The predicted molar refractivity (Wildman–Crippen MR) is 91.0 cm³/mol. The number of carbonyl (C=O) groups excluding carboxylic acids is 2. The van der Waals surface area contributed by atoms with Gasteiger partial charge in [-0.15, -0.1) is 11.8 Å². The molecule has 0 heterocycles. The number of carbonyl (C=O) groups is 2. The summed E-state index contributed by atoms with van der Waals surface area (Å²) in [5.41, 5.74) is -0.117. The molecule has 1 rings (SSSR count). The van der Waals surface area contributed by atoms with E-state index in [2.05, 4.69) is 5.32 Å². The summed E-state index contributed by atoms with van der Waals surface area (Å²) >= 11 is 0.972. The molecule has 0 aromatic heterocycles. The Morgan fingerprint density at radius 3 is 2.46 bits per heavy atom. The van der Waals surface area contributed by atoms with Crippen LogP contribution in [0.4, 0.5) is 14.5 Å². The molecule has 1 unspecified atom stereocenters. The molecule has 0 fully saturated rings. The van der Waals surface area contributed by atoms with Crippen molar-refractivity contribution in [2.75, 3.05) is 11.9 Å². The zero-order chi connectivity index (χ0) is 18.3. The average molecular weight is 359 g/mol. The zero-order valence-electron chi connectivity index (χ0n) is 14.3. The van der Waals surface area contributed by atoms with Gasteiger partial charge in [0.25, 0.3) is 0 Å². The summed E-state index contributed by atoms with van der Waals surface area (Å²) in [7, 11) is 0. The van der Waals surface area contributed by atoms with Crippen LogP contribution in [0.3, 0.4) is 0 Å². The third-order valence-corrected chi connectivity index (χ3v) is 4.72. The lowest BCUT2D eigenvalue weighted by atomic mass is 10.1. The molecule has 1 amide bonds. The molecule has 0 aliphatic rings. The standard InChI is InChI=1S/C17H23F2NO3S/c1-5-6-7-23-17(22)16(10(2)3)24-15-9-14(20-11(4)21)12(18)8-13(15)19/h8-10,16H,5-7H2,1-4H3,(H,20,21). The second-order valence-electron chi connectivity index (χ2n) is 5.75. The lowest BCUT2D eigenvalue weighted by Gasteiger charge is -2.20. The molecular formula is C17H23F2NO3S. The topological polar surface area (TPSA) is 55.4 Å². The van der Waals surface area contributed by atoms with Gasteiger partial charge in [0.05, 0.1) is 12.3 Å². The van der Waals surface area contributed by atoms with Crippen molar-refractivity contribution in [1.29, 1.82) is 0 Å². The van der Waals surface area contributed by atoms with Crippen LogP contribution in [0.1, 0.15) is 40.5 Å². The zero-order valence-corrected chi connectivity index (χ0v) is 15.1. The molecule has 4 nitrogen and oxygen atoms in total. The van der Waals surface area contributed by atoms with Gasteiger partial charge >= 0.3 is 5.97 Å². The van der Waals surface area contributed by atoms with Crippen LogP contribution in [0.15, 0.2) is 17.0 Å². The third-order valence-electron chi connectivity index (χ3n) is 3.17. The van der Waals surface area contributed by atoms with E-state index in [1.165, 1.54) is 13.0 Å². The van der Waals surface area contributed by atoms with Crippen LogP contribution in [0.5, 0.6) is 0 Å². The Morgan fingerprint density at radius 2 is 1.92 bits per heavy atom. The van der Waals surface area contributed by atoms with E-state index in [-0.39, 0.29) is 16.5 Å². The number of thioether (sulfide) groups is 1. The first-order valence-electron chi connectivity index (χ1n) is 7.86. The third kappa shape index (κ3) is 6.11. The number of rotatable bonds is 8. The Kier molecular flexibility index (Phi) is 8.18. The fraction of sp³-hybridized carbons (Fsp3) is 0.529. The van der Waals surface area contributed by atoms with E-state index in [0.717, 1.165) is 24.6 Å². The van der Waals surface area contributed by atoms with E-state index in [1.54, 1.807) is 0 Å². The summed E-state index contributed by atoms with van der Waals surface area (Å²) in [5, 5.41) is 1.69. The quantitative estimate of drug-likeness (QED) is 0.425. The van der Waals surface area contributed by atoms with Gasteiger partial charge in [0.2, 0.25) is 5.91 Å². The van der Waals surface area contributed by atoms with E-state index >= 15 is 0 Å². The van der Waals surface area contributed by atoms with Crippen LogP contribution >= 0.6 is 11.8 Å². The molecule has 0 aliphatic carbocycles. The van der Waals surface area contributed by atoms with E-state index in [0.29, 0.717) is 12.7 Å². The minimum absolute atomic E-state index is 0.0892. The molecule has 0 saturated heterocycles. The Morgan fingerprint density at radius 1 is 1.25 bits per heavy atom. The van der Waals surface area contributed by atoms with Crippen LogP contribution < -0.4 is 5.32 Å². The fourth-order valence-electron chi connectivity index (χ4n) is 1.90. The first-order chi connectivity index (χ1) is 11.3. The molecule has 0 aliphatic heterocycles. The first kappa shape index (κ1) is 20.4. The number of halogens is 2. The van der Waals surface area contributed by atoms with Gasteiger partial charge in [-0.1, -0.05) is 27.2 Å². The van der Waals surface area contributed by atoms with Crippen LogP contribution in [0.2, 0.25) is 0 Å². The number of hydrogen-bond acceptors (Lipinski definition) is 4. The van der Waals surface area contributed by atoms with Crippen molar-refractivity contribution in [3.05, 3.63) is 23.8 Å². The molecule has 7 heteroatoms. The average Bonchev–Trinajstić information content (AvgIpc) is 2.48. The predicted octanol–water partition coefficient (Wildman–Crippen LogP) is 4.38. The minimum atomic E-state index is -0.862. The number of nitrogens with one attached hydrogen (secondary N) is 1. The van der Waals surface area contributed by atoms with Gasteiger partial charge in [-0.2, -0.15) is 0 Å². The molecule has 134 valence electrons. The van der Waals surface area contributed by atoms with E-state index in [1.807, 2.05) is 20.8 Å². The van der Waals surface area contributed by atoms with Crippen molar-refractivity contribution < 1.29 is 23.1 Å². The van der Waals surface area contributed by atoms with Gasteiger partial charge in [-0.05, 0) is 18.4 Å². The van der Waals surface area contributed by atoms with E-state index in [9.17, 15) is 18.4 Å². The highest BCUT2D eigenvalue weighted by atomic mass is 32.2. The van der Waals surface area contributed by atoms with Gasteiger partial charge in [0, 0.05) is 17.9 Å². The van der Waals surface area contributed by atoms with E-state index in [4.69, 9.17) is 4.74 Å². The van der Waals surface area contributed by atoms with Gasteiger partial charge in [-0.3, -0.25) is 9.59 Å². The van der Waals surface area contributed by atoms with Gasteiger partial charge in [0.15, 0.2) is 0 Å². The normalized spacial score (nSPS) is 12.1. The summed E-state index contributed by atoms with van der Waals surface area (Å²) in [5.74, 6) is -2.63. The number of anilines is 1. The van der Waals surface area contributed by atoms with Crippen molar-refractivity contribution >= 4 is 29.3 Å². The maximum atomic E-state index is 14.0. The van der Waals surface area contributed by atoms with Crippen molar-refractivity contribution in [3.63, 3.8) is 0 Å². The minimum Gasteiger partial charge on any atom is -0.465 e. The molecule has 1 N–H and O–H groups in total. The summed E-state index contributed by atoms with van der Waals surface area (Å²) in [6.07, 6.45) is 1.66. The molecule has 0 spiro atoms. The Balaban J connectivity index is 2.97. The maximum absolute atomic E-state index is 14.0. The summed E-state index contributed by atoms with van der Waals surface area (Å²) < 4.78 is 32.9. The Bertz CT molecular complexity index is 593. The van der Waals surface area contributed by atoms with Crippen LogP contribution in [-0.2, 0) is 14.3 Å². The van der Waals surface area contributed by atoms with Crippen molar-refractivity contribution in [2.24, 2.45) is 5.92 Å². The highest BCUT2D eigenvalue weighted by molar-refractivity contribution is 8.00. The SMILES string of the molecule is CCCCOC(=O)C(Sc1cc(NC(C)=O)c(F)cc1F)C(C)C. The monoisotopic (exact) mass is 359 g/mol. The van der Waals surface area contributed by atoms with Crippen molar-refractivity contribution in [1.82, 2.24) is 0 Å². The lowest BCUT2D eigenvalue weighted by molar-refractivity contribution is -0.143. The number of hydrogen-bond donors (Lipinski definition) is 1. The van der Waals surface area contributed by atoms with Crippen molar-refractivity contribution in [2.45, 2.75) is 50.7 Å². The maximum Gasteiger partial charge on any atom is 0.319 e. The molecule has 1 atom stereocenters. The highest BCUT2D eigenvalue weighted by Crippen LogP contribution is 2.34. The van der Waals surface area contributed by atoms with Crippen LogP contribution in [-0.4, -0.2) is 23.7 Å². The van der Waals surface area contributed by atoms with Gasteiger partial charge in [-0.25, -0.2) is 8.78 Å². The molecular weight excluding hydrogens is 336 g/mol. The number of benzene rings is 1. The van der Waals surface area contributed by atoms with Crippen LogP contribution in [0.25, 0.3) is 0 Å². The lowest BCUT2D eigenvalue weighted by Crippen LogP contribution is -2.26. The molecule has 0 radical (unpaired) electrons. The Labute approximate surface area is 145 Å². The summed E-state index contributed by atoms with van der Waals surface area (Å²) in [4.78, 5) is 23.4. The van der Waals surface area contributed by atoms with Crippen molar-refractivity contribution in [3.8, 4) is 0 Å². The number of unbranched alkanes of at least 4 members (excludes halogenated alkanes) is 1. The molecule has 1 aromatic rings. The number of amides is 1. The molecule has 0 bridgehead atoms. The smallest absolute Gasteiger partial charge is 0.319 e. The molecule has 0 saturated carbocycles. The molecule has 1 aromatic carbocycles. The number of ether oxygens (including phenoxy) is 1. The second-order valence-corrected chi connectivity index (χ2v) is 6.93. The summed E-state index contributed by atoms with van der Waals surface area (Å²) in [6.45, 7) is 7.20. The van der Waals surface area contributed by atoms with E-state index < -0.39 is 28.8 Å². The van der Waals surface area contributed by atoms with Gasteiger partial charge in [0.1, 0.15) is 16.9 Å². The first-order valence-corrected chi connectivity index (χ1v) is 8.74. The van der Waals surface area contributed by atoms with Crippen LogP contribution in [0, 0.1) is 17.6 Å². The molecule has 24 heavy (non-hydrogen) atoms. The second kappa shape index (κ2) is 9.61. The van der Waals surface area contributed by atoms with Gasteiger partial charge < -0.3 is 10.1 Å². The Hall–Kier alpha value is -1.63. The largest absolute Gasteiger partial charge is 0.465 e. The highest BCUT2D eigenvalue weighted by Gasteiger charge is 2.27.